The molecule has 1 atom stereocenters. The highest BCUT2D eigenvalue weighted by Crippen LogP contribution is 2.26. The third-order valence-electron chi connectivity index (χ3n) is 2.89. The number of hydrogen-bond donors (Lipinski definition) is 1. The van der Waals surface area contributed by atoms with E-state index in [0.29, 0.717) is 0 Å². The molecular weight excluding hydrogens is 216 g/mol. The van der Waals surface area contributed by atoms with Crippen LogP contribution in [-0.2, 0) is 7.05 Å². The van der Waals surface area contributed by atoms with Gasteiger partial charge in [-0.05, 0) is 30.2 Å². The first-order valence-electron chi connectivity index (χ1n) is 5.44. The molecule has 1 aromatic heterocycles. The Morgan fingerprint density at radius 3 is 2.71 bits per heavy atom. The molecule has 0 saturated carbocycles. The molecule has 0 spiro atoms. The van der Waals surface area contributed by atoms with Crippen LogP contribution in [0.5, 0.6) is 5.75 Å². The van der Waals surface area contributed by atoms with Crippen molar-refractivity contribution in [3.05, 3.63) is 47.3 Å². The molecule has 0 radical (unpaired) electrons. The van der Waals surface area contributed by atoms with Crippen molar-refractivity contribution in [3.63, 3.8) is 0 Å². The van der Waals surface area contributed by atoms with Crippen molar-refractivity contribution < 1.29 is 9.84 Å². The summed E-state index contributed by atoms with van der Waals surface area (Å²) in [5, 5.41) is 14.3. The minimum Gasteiger partial charge on any atom is -0.496 e. The van der Waals surface area contributed by atoms with Gasteiger partial charge in [0.15, 0.2) is 0 Å². The number of aromatic nitrogens is 2. The number of ether oxygens (including phenoxy) is 1. The van der Waals surface area contributed by atoms with E-state index in [2.05, 4.69) is 5.10 Å². The van der Waals surface area contributed by atoms with Gasteiger partial charge in [-0.3, -0.25) is 4.68 Å². The molecule has 2 aromatic rings. The molecule has 0 saturated heterocycles. The van der Waals surface area contributed by atoms with Gasteiger partial charge in [0.05, 0.1) is 12.8 Å². The maximum atomic E-state index is 10.3. The molecule has 0 aliphatic carbocycles. The Hall–Kier alpha value is -1.81. The van der Waals surface area contributed by atoms with Gasteiger partial charge in [-0.1, -0.05) is 12.1 Å². The first-order chi connectivity index (χ1) is 8.13. The van der Waals surface area contributed by atoms with E-state index in [-0.39, 0.29) is 0 Å². The standard InChI is InChI=1S/C13H16N2O2/c1-9-4-5-10(8-12(9)17-3)13(16)11-6-7-14-15(11)2/h4-8,13,16H,1-3H3. The SMILES string of the molecule is COc1cc(C(O)c2ccnn2C)ccc1C. The topological polar surface area (TPSA) is 47.3 Å². The van der Waals surface area contributed by atoms with Crippen LogP contribution in [0.25, 0.3) is 0 Å². The van der Waals surface area contributed by atoms with E-state index in [1.807, 2.05) is 32.2 Å². The molecule has 0 bridgehead atoms. The lowest BCUT2D eigenvalue weighted by molar-refractivity contribution is 0.209. The van der Waals surface area contributed by atoms with Crippen molar-refractivity contribution in [1.82, 2.24) is 9.78 Å². The molecule has 1 heterocycles. The number of rotatable bonds is 3. The largest absolute Gasteiger partial charge is 0.496 e. The fourth-order valence-electron chi connectivity index (χ4n) is 1.83. The minimum absolute atomic E-state index is 0.683. The van der Waals surface area contributed by atoms with Gasteiger partial charge in [0, 0.05) is 13.2 Å². The molecule has 4 nitrogen and oxygen atoms in total. The zero-order chi connectivity index (χ0) is 12.4. The van der Waals surface area contributed by atoms with Crippen LogP contribution in [0.15, 0.2) is 30.5 Å². The second kappa shape index (κ2) is 4.59. The Bertz CT molecular complexity index is 520. The first-order valence-corrected chi connectivity index (χ1v) is 5.44. The highest BCUT2D eigenvalue weighted by Gasteiger charge is 2.15. The lowest BCUT2D eigenvalue weighted by Gasteiger charge is -2.13. The molecule has 0 fully saturated rings. The van der Waals surface area contributed by atoms with Crippen LogP contribution in [0, 0.1) is 6.92 Å². The maximum absolute atomic E-state index is 10.3. The van der Waals surface area contributed by atoms with Gasteiger partial charge in [-0.25, -0.2) is 0 Å². The van der Waals surface area contributed by atoms with Crippen LogP contribution in [0.3, 0.4) is 0 Å². The lowest BCUT2D eigenvalue weighted by atomic mass is 10.0. The van der Waals surface area contributed by atoms with Gasteiger partial charge in [0.25, 0.3) is 0 Å². The number of benzene rings is 1. The summed E-state index contributed by atoms with van der Waals surface area (Å²) in [6, 6.07) is 7.49. The fraction of sp³-hybridized carbons (Fsp3) is 0.308. The van der Waals surface area contributed by atoms with Crippen molar-refractivity contribution >= 4 is 0 Å². The quantitative estimate of drug-likeness (QED) is 0.878. The Kier molecular flexibility index (Phi) is 3.15. The highest BCUT2D eigenvalue weighted by molar-refractivity contribution is 5.39. The predicted octanol–water partition coefficient (Wildman–Crippen LogP) is 1.82. The molecule has 4 heteroatoms. The summed E-state index contributed by atoms with van der Waals surface area (Å²) >= 11 is 0. The highest BCUT2D eigenvalue weighted by atomic mass is 16.5. The van der Waals surface area contributed by atoms with Crippen LogP contribution >= 0.6 is 0 Å². The lowest BCUT2D eigenvalue weighted by Crippen LogP contribution is -2.06. The van der Waals surface area contributed by atoms with Crippen LogP contribution in [0.4, 0.5) is 0 Å². The molecule has 90 valence electrons. The van der Waals surface area contributed by atoms with Gasteiger partial charge in [-0.2, -0.15) is 5.10 Å². The summed E-state index contributed by atoms with van der Waals surface area (Å²) in [6.45, 7) is 1.97. The molecule has 0 amide bonds. The van der Waals surface area contributed by atoms with Gasteiger partial charge in [0.1, 0.15) is 11.9 Å². The average molecular weight is 232 g/mol. The Morgan fingerprint density at radius 1 is 1.35 bits per heavy atom. The number of aliphatic hydroxyl groups excluding tert-OH is 1. The number of aryl methyl sites for hydroxylation is 2. The van der Waals surface area contributed by atoms with Gasteiger partial charge < -0.3 is 9.84 Å². The zero-order valence-electron chi connectivity index (χ0n) is 10.2. The molecule has 0 aliphatic rings. The van der Waals surface area contributed by atoms with Crippen molar-refractivity contribution in [3.8, 4) is 5.75 Å². The van der Waals surface area contributed by atoms with E-state index in [4.69, 9.17) is 4.74 Å². The van der Waals surface area contributed by atoms with Gasteiger partial charge >= 0.3 is 0 Å². The summed E-state index contributed by atoms with van der Waals surface area (Å²) < 4.78 is 6.91. The zero-order valence-corrected chi connectivity index (χ0v) is 10.2. The van der Waals surface area contributed by atoms with E-state index >= 15 is 0 Å². The van der Waals surface area contributed by atoms with Crippen LogP contribution in [0.1, 0.15) is 22.9 Å². The predicted molar refractivity (Wildman–Crippen MR) is 65.0 cm³/mol. The van der Waals surface area contributed by atoms with Crippen LogP contribution in [0.2, 0.25) is 0 Å². The van der Waals surface area contributed by atoms with Crippen molar-refractivity contribution in [2.45, 2.75) is 13.0 Å². The molecule has 1 N–H and O–H groups in total. The maximum Gasteiger partial charge on any atom is 0.122 e. The first kappa shape index (κ1) is 11.7. The molecule has 1 unspecified atom stereocenters. The monoisotopic (exact) mass is 232 g/mol. The van der Waals surface area contributed by atoms with E-state index < -0.39 is 6.10 Å². The van der Waals surface area contributed by atoms with Crippen molar-refractivity contribution in [1.29, 1.82) is 0 Å². The number of methoxy groups -OCH3 is 1. The summed E-state index contributed by atoms with van der Waals surface area (Å²) in [4.78, 5) is 0. The van der Waals surface area contributed by atoms with Crippen LogP contribution in [-0.4, -0.2) is 22.0 Å². The van der Waals surface area contributed by atoms with Crippen molar-refractivity contribution in [2.75, 3.05) is 7.11 Å². The molecule has 17 heavy (non-hydrogen) atoms. The van der Waals surface area contributed by atoms with E-state index in [1.54, 1.807) is 24.1 Å². The molecular formula is C13H16N2O2. The smallest absolute Gasteiger partial charge is 0.122 e. The van der Waals surface area contributed by atoms with Gasteiger partial charge in [-0.15, -0.1) is 0 Å². The second-order valence-corrected chi connectivity index (χ2v) is 4.01. The van der Waals surface area contributed by atoms with Crippen molar-refractivity contribution in [2.24, 2.45) is 7.05 Å². The Balaban J connectivity index is 2.38. The fourth-order valence-corrected chi connectivity index (χ4v) is 1.83. The summed E-state index contributed by atoms with van der Waals surface area (Å²) in [5.74, 6) is 0.781. The molecule has 1 aromatic carbocycles. The second-order valence-electron chi connectivity index (χ2n) is 4.01. The molecule has 2 rings (SSSR count). The van der Waals surface area contributed by atoms with E-state index in [0.717, 1.165) is 22.6 Å². The molecule has 0 aliphatic heterocycles. The normalized spacial score (nSPS) is 12.5. The number of nitrogens with zero attached hydrogens (tertiary/aromatic N) is 2. The van der Waals surface area contributed by atoms with E-state index in [9.17, 15) is 5.11 Å². The summed E-state index contributed by atoms with van der Waals surface area (Å²) in [7, 11) is 3.44. The average Bonchev–Trinajstić information content (AvgIpc) is 2.75. The Labute approximate surface area is 100 Å². The third kappa shape index (κ3) is 2.17. The Morgan fingerprint density at radius 2 is 2.12 bits per heavy atom. The third-order valence-corrected chi connectivity index (χ3v) is 2.89. The summed E-state index contributed by atoms with van der Waals surface area (Å²) in [6.07, 6.45) is 0.987. The minimum atomic E-state index is -0.683. The number of aliphatic hydroxyl groups is 1. The summed E-state index contributed by atoms with van der Waals surface area (Å²) in [5.41, 5.74) is 2.61. The number of hydrogen-bond acceptors (Lipinski definition) is 3. The van der Waals surface area contributed by atoms with Gasteiger partial charge in [0.2, 0.25) is 0 Å². The van der Waals surface area contributed by atoms with E-state index in [1.165, 1.54) is 0 Å². The van der Waals surface area contributed by atoms with Crippen LogP contribution < -0.4 is 4.74 Å².